The summed E-state index contributed by atoms with van der Waals surface area (Å²) in [5.74, 6) is 2.33. The zero-order chi connectivity index (χ0) is 14.8. The molecule has 2 atom stereocenters. The molecule has 0 amide bonds. The molecule has 4 heterocycles. The van der Waals surface area contributed by atoms with E-state index in [2.05, 4.69) is 15.6 Å². The van der Waals surface area contributed by atoms with Gasteiger partial charge in [0.15, 0.2) is 5.65 Å². The number of fused-ring (bicyclic) bond motifs is 1. The molecule has 0 radical (unpaired) electrons. The van der Waals surface area contributed by atoms with E-state index in [1.165, 1.54) is 12.8 Å². The number of rotatable bonds is 4. The minimum atomic E-state index is 0.584. The van der Waals surface area contributed by atoms with Crippen LogP contribution in [0.25, 0.3) is 11.2 Å². The molecule has 0 saturated carbocycles. The summed E-state index contributed by atoms with van der Waals surface area (Å²) in [7, 11) is 0. The van der Waals surface area contributed by atoms with Crippen molar-refractivity contribution in [2.45, 2.75) is 32.2 Å². The van der Waals surface area contributed by atoms with Gasteiger partial charge in [-0.25, -0.2) is 9.97 Å². The molecular formula is C17H23N3O2. The maximum Gasteiger partial charge on any atom is 0.159 e. The number of imidazole rings is 1. The highest BCUT2D eigenvalue weighted by molar-refractivity contribution is 5.71. The van der Waals surface area contributed by atoms with Crippen LogP contribution in [0.15, 0.2) is 18.3 Å². The van der Waals surface area contributed by atoms with E-state index in [1.807, 2.05) is 12.3 Å². The Kier molecular flexibility index (Phi) is 4.08. The van der Waals surface area contributed by atoms with Crippen LogP contribution in [0.2, 0.25) is 0 Å². The maximum atomic E-state index is 5.63. The van der Waals surface area contributed by atoms with Crippen LogP contribution in [-0.2, 0) is 22.4 Å². The topological polar surface area (TPSA) is 49.2 Å². The van der Waals surface area contributed by atoms with Crippen molar-refractivity contribution < 1.29 is 9.47 Å². The summed E-state index contributed by atoms with van der Waals surface area (Å²) in [4.78, 5) is 9.42. The number of ether oxygens (including phenoxy) is 2. The molecule has 5 nitrogen and oxygen atoms in total. The molecule has 2 aliphatic rings. The number of pyridine rings is 1. The third kappa shape index (κ3) is 2.88. The van der Waals surface area contributed by atoms with Crippen LogP contribution in [0.3, 0.4) is 0 Å². The van der Waals surface area contributed by atoms with Crippen molar-refractivity contribution in [3.05, 3.63) is 24.2 Å². The highest BCUT2D eigenvalue weighted by Crippen LogP contribution is 2.24. The van der Waals surface area contributed by atoms with E-state index in [0.29, 0.717) is 11.8 Å². The smallest absolute Gasteiger partial charge is 0.159 e. The van der Waals surface area contributed by atoms with Crippen molar-refractivity contribution in [3.8, 4) is 0 Å². The van der Waals surface area contributed by atoms with Crippen molar-refractivity contribution in [1.29, 1.82) is 0 Å². The first kappa shape index (κ1) is 14.2. The summed E-state index contributed by atoms with van der Waals surface area (Å²) in [6, 6.07) is 4.02. The molecular weight excluding hydrogens is 278 g/mol. The third-order valence-electron chi connectivity index (χ3n) is 4.77. The molecule has 0 bridgehead atoms. The molecule has 2 unspecified atom stereocenters. The first-order valence-electron chi connectivity index (χ1n) is 8.36. The van der Waals surface area contributed by atoms with E-state index >= 15 is 0 Å². The highest BCUT2D eigenvalue weighted by Gasteiger charge is 2.23. The Balaban J connectivity index is 1.62. The zero-order valence-corrected chi connectivity index (χ0v) is 12.9. The van der Waals surface area contributed by atoms with Crippen LogP contribution in [0.1, 0.15) is 25.1 Å². The van der Waals surface area contributed by atoms with Gasteiger partial charge in [-0.05, 0) is 37.3 Å². The Hall–Kier alpha value is -1.46. The van der Waals surface area contributed by atoms with Crippen LogP contribution in [0, 0.1) is 11.8 Å². The second-order valence-corrected chi connectivity index (χ2v) is 6.50. The number of hydrogen-bond acceptors (Lipinski definition) is 4. The summed E-state index contributed by atoms with van der Waals surface area (Å²) < 4.78 is 13.5. The lowest BCUT2D eigenvalue weighted by Gasteiger charge is -2.22. The minimum absolute atomic E-state index is 0.584. The average Bonchev–Trinajstić information content (AvgIpc) is 3.18. The number of nitrogens with zero attached hydrogens (tertiary/aromatic N) is 3. The lowest BCUT2D eigenvalue weighted by atomic mass is 9.98. The molecule has 0 aromatic carbocycles. The van der Waals surface area contributed by atoms with Crippen molar-refractivity contribution in [2.75, 3.05) is 26.4 Å². The molecule has 2 aromatic rings. The molecule has 0 aliphatic carbocycles. The number of hydrogen-bond donors (Lipinski definition) is 0. The lowest BCUT2D eigenvalue weighted by molar-refractivity contribution is 0.0539. The van der Waals surface area contributed by atoms with Crippen molar-refractivity contribution in [2.24, 2.45) is 11.8 Å². The van der Waals surface area contributed by atoms with E-state index in [0.717, 1.165) is 62.8 Å². The predicted molar refractivity (Wildman–Crippen MR) is 83.7 cm³/mol. The Morgan fingerprint density at radius 3 is 2.86 bits per heavy atom. The lowest BCUT2D eigenvalue weighted by Crippen LogP contribution is -2.22. The van der Waals surface area contributed by atoms with Crippen molar-refractivity contribution >= 4 is 11.2 Å². The van der Waals surface area contributed by atoms with Gasteiger partial charge in [-0.15, -0.1) is 0 Å². The molecule has 2 aromatic heterocycles. The first-order valence-corrected chi connectivity index (χ1v) is 8.36. The Bertz CT molecular complexity index is 628. The summed E-state index contributed by atoms with van der Waals surface area (Å²) >= 11 is 0. The molecule has 118 valence electrons. The zero-order valence-electron chi connectivity index (χ0n) is 12.9. The SMILES string of the molecule is c1cnc2c(c1)nc(CC1CCCOC1)n2CC1CCOC1. The monoisotopic (exact) mass is 301 g/mol. The highest BCUT2D eigenvalue weighted by atomic mass is 16.5. The fourth-order valence-corrected chi connectivity index (χ4v) is 3.57. The van der Waals surface area contributed by atoms with Gasteiger partial charge < -0.3 is 14.0 Å². The fourth-order valence-electron chi connectivity index (χ4n) is 3.57. The van der Waals surface area contributed by atoms with Crippen molar-refractivity contribution in [1.82, 2.24) is 14.5 Å². The van der Waals surface area contributed by atoms with E-state index in [1.54, 1.807) is 0 Å². The Morgan fingerprint density at radius 1 is 1.14 bits per heavy atom. The summed E-state index contributed by atoms with van der Waals surface area (Å²) in [6.07, 6.45) is 6.39. The second-order valence-electron chi connectivity index (χ2n) is 6.50. The van der Waals surface area contributed by atoms with Gasteiger partial charge in [-0.1, -0.05) is 0 Å². The number of aromatic nitrogens is 3. The van der Waals surface area contributed by atoms with Gasteiger partial charge in [0.25, 0.3) is 0 Å². The first-order chi connectivity index (χ1) is 10.9. The molecule has 5 heteroatoms. The second kappa shape index (κ2) is 6.34. The largest absolute Gasteiger partial charge is 0.381 e. The molecule has 2 aliphatic heterocycles. The molecule has 2 fully saturated rings. The van der Waals surface area contributed by atoms with E-state index in [-0.39, 0.29) is 0 Å². The molecule has 0 N–H and O–H groups in total. The molecule has 4 rings (SSSR count). The van der Waals surface area contributed by atoms with Crippen LogP contribution in [-0.4, -0.2) is 41.0 Å². The van der Waals surface area contributed by atoms with Crippen molar-refractivity contribution in [3.63, 3.8) is 0 Å². The summed E-state index contributed by atoms with van der Waals surface area (Å²) in [5, 5.41) is 0. The van der Waals surface area contributed by atoms with E-state index in [4.69, 9.17) is 14.5 Å². The summed E-state index contributed by atoms with van der Waals surface area (Å²) in [6.45, 7) is 4.49. The molecule has 0 spiro atoms. The standard InChI is InChI=1S/C17H23N3O2/c1-4-15-17(18-6-1)20(10-14-5-8-22-12-14)16(19-15)9-13-3-2-7-21-11-13/h1,4,6,13-14H,2-3,5,7-12H2. The van der Waals surface area contributed by atoms with Gasteiger partial charge in [0, 0.05) is 44.9 Å². The Labute approximate surface area is 130 Å². The van der Waals surface area contributed by atoms with Crippen LogP contribution in [0.5, 0.6) is 0 Å². The van der Waals surface area contributed by atoms with Gasteiger partial charge in [-0.2, -0.15) is 0 Å². The predicted octanol–water partition coefficient (Wildman–Crippen LogP) is 2.44. The third-order valence-corrected chi connectivity index (χ3v) is 4.77. The molecule has 22 heavy (non-hydrogen) atoms. The molecule has 2 saturated heterocycles. The van der Waals surface area contributed by atoms with Gasteiger partial charge in [0.2, 0.25) is 0 Å². The minimum Gasteiger partial charge on any atom is -0.381 e. The van der Waals surface area contributed by atoms with Gasteiger partial charge in [0.05, 0.1) is 6.61 Å². The average molecular weight is 301 g/mol. The quantitative estimate of drug-likeness (QED) is 0.870. The van der Waals surface area contributed by atoms with Gasteiger partial charge in [0.1, 0.15) is 11.3 Å². The summed E-state index contributed by atoms with van der Waals surface area (Å²) in [5.41, 5.74) is 2.02. The fraction of sp³-hybridized carbons (Fsp3) is 0.647. The van der Waals surface area contributed by atoms with Gasteiger partial charge in [-0.3, -0.25) is 0 Å². The van der Waals surface area contributed by atoms with E-state index in [9.17, 15) is 0 Å². The van der Waals surface area contributed by atoms with Crippen LogP contribution >= 0.6 is 0 Å². The van der Waals surface area contributed by atoms with E-state index < -0.39 is 0 Å². The van der Waals surface area contributed by atoms with Crippen LogP contribution < -0.4 is 0 Å². The normalized spacial score (nSPS) is 25.8. The maximum absolute atomic E-state index is 5.63. The van der Waals surface area contributed by atoms with Crippen LogP contribution in [0.4, 0.5) is 0 Å². The Morgan fingerprint density at radius 2 is 2.05 bits per heavy atom. The van der Waals surface area contributed by atoms with Gasteiger partial charge >= 0.3 is 0 Å².